The second-order valence-corrected chi connectivity index (χ2v) is 4.68. The van der Waals surface area contributed by atoms with Gasteiger partial charge < -0.3 is 4.74 Å². The Morgan fingerprint density at radius 1 is 0.833 bits per heavy atom. The van der Waals surface area contributed by atoms with Crippen LogP contribution >= 0.6 is 0 Å². The van der Waals surface area contributed by atoms with E-state index in [9.17, 15) is 0 Å². The third-order valence-electron chi connectivity index (χ3n) is 3.77. The van der Waals surface area contributed by atoms with Crippen LogP contribution in [-0.4, -0.2) is 20.6 Å². The summed E-state index contributed by atoms with van der Waals surface area (Å²) in [4.78, 5) is 0. The maximum Gasteiger partial charge on any atom is 0.0607 e. The Morgan fingerprint density at radius 3 is 2.06 bits per heavy atom. The Hall–Kier alpha value is 0.0249. The normalized spacial score (nSPS) is 30.2. The van der Waals surface area contributed by atoms with Gasteiger partial charge in [-0.3, -0.25) is 0 Å². The number of rotatable bonds is 1. The topological polar surface area (TPSA) is 9.23 Å². The van der Waals surface area contributed by atoms with Crippen LogP contribution < -0.4 is 0 Å². The molecule has 0 aromatic carbocycles. The van der Waals surface area contributed by atoms with Crippen LogP contribution in [0.3, 0.4) is 0 Å². The molecule has 1 aliphatic carbocycles. The van der Waals surface area contributed by atoms with Crippen molar-refractivity contribution in [2.24, 2.45) is 5.92 Å². The summed E-state index contributed by atoms with van der Waals surface area (Å²) in [6.45, 7) is 10.3. The molecule has 2 heteroatoms. The minimum absolute atomic E-state index is 0. The highest BCUT2D eigenvalue weighted by molar-refractivity contribution is 5.75. The Bertz CT molecular complexity index is 161. The highest BCUT2D eigenvalue weighted by atomic mass is 16.5. The highest BCUT2D eigenvalue weighted by Gasteiger charge is 2.30. The molecule has 1 saturated heterocycles. The van der Waals surface area contributed by atoms with Gasteiger partial charge in [0.2, 0.25) is 0 Å². The molecule has 1 saturated carbocycles. The predicted molar refractivity (Wildman–Crippen MR) is 83.2 cm³/mol. The van der Waals surface area contributed by atoms with E-state index in [4.69, 9.17) is 4.74 Å². The molecule has 2 fully saturated rings. The standard InChI is InChI=1S/C12H22O.2C2H6.B/c1-2-11-9-8-10-6-4-3-5-7-12(10)13-11;2*1-2;/h10-12H,2-9H2,1H3;2*1-2H3;. The van der Waals surface area contributed by atoms with Gasteiger partial charge in [-0.2, -0.15) is 0 Å². The molecule has 2 aliphatic rings. The zero-order valence-corrected chi connectivity index (χ0v) is 13.4. The van der Waals surface area contributed by atoms with Gasteiger partial charge in [-0.15, -0.1) is 0 Å². The highest BCUT2D eigenvalue weighted by Crippen LogP contribution is 2.35. The van der Waals surface area contributed by atoms with Gasteiger partial charge in [0.1, 0.15) is 0 Å². The molecule has 0 N–H and O–H groups in total. The Labute approximate surface area is 118 Å². The van der Waals surface area contributed by atoms with Crippen LogP contribution in [0.25, 0.3) is 0 Å². The lowest BCUT2D eigenvalue weighted by Crippen LogP contribution is -2.34. The first kappa shape index (κ1) is 20.3. The van der Waals surface area contributed by atoms with Crippen molar-refractivity contribution in [1.82, 2.24) is 0 Å². The third kappa shape index (κ3) is 6.82. The minimum Gasteiger partial charge on any atom is -0.375 e. The smallest absolute Gasteiger partial charge is 0.0607 e. The van der Waals surface area contributed by atoms with E-state index >= 15 is 0 Å². The summed E-state index contributed by atoms with van der Waals surface area (Å²) in [5.41, 5.74) is 0. The predicted octanol–water partition coefficient (Wildman–Crippen LogP) is 5.20. The van der Waals surface area contributed by atoms with Gasteiger partial charge in [0.15, 0.2) is 0 Å². The zero-order chi connectivity index (χ0) is 13.1. The molecule has 2 rings (SSSR count). The van der Waals surface area contributed by atoms with E-state index in [-0.39, 0.29) is 8.41 Å². The van der Waals surface area contributed by atoms with Crippen LogP contribution in [0.1, 0.15) is 86.0 Å². The quantitative estimate of drug-likeness (QED) is 0.584. The van der Waals surface area contributed by atoms with Gasteiger partial charge in [0, 0.05) is 8.41 Å². The fraction of sp³-hybridized carbons (Fsp3) is 1.00. The lowest BCUT2D eigenvalue weighted by molar-refractivity contribution is -0.0861. The molecule has 107 valence electrons. The summed E-state index contributed by atoms with van der Waals surface area (Å²) in [6.07, 6.45) is 12.2. The van der Waals surface area contributed by atoms with Gasteiger partial charge in [-0.1, -0.05) is 53.9 Å². The zero-order valence-electron chi connectivity index (χ0n) is 13.4. The van der Waals surface area contributed by atoms with Crippen LogP contribution in [0.5, 0.6) is 0 Å². The Kier molecular flexibility index (Phi) is 15.2. The number of hydrogen-bond donors (Lipinski definition) is 0. The maximum absolute atomic E-state index is 6.12. The van der Waals surface area contributed by atoms with Crippen molar-refractivity contribution in [3.63, 3.8) is 0 Å². The number of hydrogen-bond acceptors (Lipinski definition) is 1. The minimum atomic E-state index is 0. The fourth-order valence-electron chi connectivity index (χ4n) is 2.88. The van der Waals surface area contributed by atoms with Crippen molar-refractivity contribution in [3.05, 3.63) is 0 Å². The van der Waals surface area contributed by atoms with E-state index in [1.807, 2.05) is 27.7 Å². The van der Waals surface area contributed by atoms with E-state index < -0.39 is 0 Å². The molecular formula is C16H34BO. The van der Waals surface area contributed by atoms with Gasteiger partial charge in [0.25, 0.3) is 0 Å². The van der Waals surface area contributed by atoms with Crippen molar-refractivity contribution in [2.75, 3.05) is 0 Å². The average Bonchev–Trinajstić information content (AvgIpc) is 2.67. The number of fused-ring (bicyclic) bond motifs is 1. The summed E-state index contributed by atoms with van der Waals surface area (Å²) >= 11 is 0. The molecule has 0 bridgehead atoms. The molecule has 18 heavy (non-hydrogen) atoms. The first-order chi connectivity index (χ1) is 8.40. The maximum atomic E-state index is 6.12. The van der Waals surface area contributed by atoms with Crippen molar-refractivity contribution in [3.8, 4) is 0 Å². The van der Waals surface area contributed by atoms with Crippen molar-refractivity contribution in [1.29, 1.82) is 0 Å². The van der Waals surface area contributed by atoms with Crippen LogP contribution in [0.2, 0.25) is 0 Å². The van der Waals surface area contributed by atoms with E-state index in [0.29, 0.717) is 12.2 Å². The van der Waals surface area contributed by atoms with Crippen molar-refractivity contribution < 1.29 is 4.74 Å². The average molecular weight is 253 g/mol. The van der Waals surface area contributed by atoms with Gasteiger partial charge in [-0.25, -0.2) is 0 Å². The molecule has 0 amide bonds. The van der Waals surface area contributed by atoms with E-state index in [0.717, 1.165) is 5.92 Å². The summed E-state index contributed by atoms with van der Waals surface area (Å²) in [5, 5.41) is 0. The molecule has 3 radical (unpaired) electrons. The lowest BCUT2D eigenvalue weighted by Gasteiger charge is -2.35. The molecule has 3 unspecified atom stereocenters. The van der Waals surface area contributed by atoms with Crippen LogP contribution in [0.15, 0.2) is 0 Å². The first-order valence-electron chi connectivity index (χ1n) is 8.05. The second-order valence-electron chi connectivity index (χ2n) is 4.68. The molecule has 1 heterocycles. The van der Waals surface area contributed by atoms with E-state index in [1.165, 1.54) is 51.4 Å². The second kappa shape index (κ2) is 13.5. The Balaban J connectivity index is 0. The van der Waals surface area contributed by atoms with E-state index in [2.05, 4.69) is 6.92 Å². The van der Waals surface area contributed by atoms with Crippen molar-refractivity contribution in [2.45, 2.75) is 98.2 Å². The van der Waals surface area contributed by atoms with Crippen LogP contribution in [-0.2, 0) is 4.74 Å². The third-order valence-corrected chi connectivity index (χ3v) is 3.77. The molecule has 1 aliphatic heterocycles. The van der Waals surface area contributed by atoms with Gasteiger partial charge in [0.05, 0.1) is 12.2 Å². The van der Waals surface area contributed by atoms with Crippen LogP contribution in [0, 0.1) is 5.92 Å². The van der Waals surface area contributed by atoms with Gasteiger partial charge in [-0.05, 0) is 38.0 Å². The van der Waals surface area contributed by atoms with E-state index in [1.54, 1.807) is 0 Å². The summed E-state index contributed by atoms with van der Waals surface area (Å²) < 4.78 is 6.12. The largest absolute Gasteiger partial charge is 0.375 e. The molecule has 0 aromatic heterocycles. The molecule has 1 nitrogen and oxygen atoms in total. The van der Waals surface area contributed by atoms with Gasteiger partial charge >= 0.3 is 0 Å². The van der Waals surface area contributed by atoms with Crippen molar-refractivity contribution >= 4 is 8.41 Å². The molecule has 3 atom stereocenters. The number of ether oxygens (including phenoxy) is 1. The molecular weight excluding hydrogens is 219 g/mol. The fourth-order valence-corrected chi connectivity index (χ4v) is 2.88. The summed E-state index contributed by atoms with van der Waals surface area (Å²) in [7, 11) is 0. The molecule has 0 spiro atoms. The lowest BCUT2D eigenvalue weighted by atomic mass is 9.87. The molecule has 0 aromatic rings. The SMILES string of the molecule is CC.CC.CCC1CCC2CCCCCC2O1.[B]. The monoisotopic (exact) mass is 253 g/mol. The first-order valence-corrected chi connectivity index (χ1v) is 8.05. The summed E-state index contributed by atoms with van der Waals surface area (Å²) in [6, 6.07) is 0. The Morgan fingerprint density at radius 2 is 1.44 bits per heavy atom. The van der Waals surface area contributed by atoms with Crippen LogP contribution in [0.4, 0.5) is 0 Å². The summed E-state index contributed by atoms with van der Waals surface area (Å²) in [5.74, 6) is 0.908.